The molecule has 23 heavy (non-hydrogen) atoms. The van der Waals surface area contributed by atoms with Gasteiger partial charge in [0, 0.05) is 12.1 Å². The van der Waals surface area contributed by atoms with Gasteiger partial charge in [-0.25, -0.2) is 9.97 Å². The molecule has 0 bridgehead atoms. The maximum atomic E-state index is 13.0. The summed E-state index contributed by atoms with van der Waals surface area (Å²) in [6.07, 6.45) is -3.37. The fourth-order valence-electron chi connectivity index (χ4n) is 1.86. The zero-order valence-electron chi connectivity index (χ0n) is 12.5. The summed E-state index contributed by atoms with van der Waals surface area (Å²) in [6, 6.07) is 6.25. The zero-order valence-corrected chi connectivity index (χ0v) is 12.5. The minimum atomic E-state index is -4.49. The van der Waals surface area contributed by atoms with Crippen LogP contribution in [0, 0.1) is 0 Å². The first-order chi connectivity index (χ1) is 10.8. The van der Waals surface area contributed by atoms with E-state index in [1.807, 2.05) is 0 Å². The average molecular weight is 324 g/mol. The smallest absolute Gasteiger partial charge is 0.349 e. The largest absolute Gasteiger partial charge is 0.418 e. The quantitative estimate of drug-likeness (QED) is 0.905. The Morgan fingerprint density at radius 2 is 1.87 bits per heavy atom. The van der Waals surface area contributed by atoms with Gasteiger partial charge < -0.3 is 10.6 Å². The van der Waals surface area contributed by atoms with Crippen molar-refractivity contribution in [1.82, 2.24) is 15.3 Å². The molecule has 0 fully saturated rings. The Kier molecular flexibility index (Phi) is 4.83. The molecule has 0 unspecified atom stereocenters. The van der Waals surface area contributed by atoms with Crippen LogP contribution in [0.3, 0.4) is 0 Å². The summed E-state index contributed by atoms with van der Waals surface area (Å²) in [4.78, 5) is 19.5. The molecule has 0 atom stereocenters. The SMILES string of the molecule is CC(C)NC(=O)c1cc(Nc2ccccc2C(F)(F)F)ncn1. The number of benzene rings is 1. The van der Waals surface area contributed by atoms with Crippen LogP contribution >= 0.6 is 0 Å². The van der Waals surface area contributed by atoms with Crippen molar-refractivity contribution in [3.05, 3.63) is 47.9 Å². The Labute approximate surface area is 131 Å². The van der Waals surface area contributed by atoms with Crippen LogP contribution in [0.5, 0.6) is 0 Å². The second-order valence-corrected chi connectivity index (χ2v) is 5.08. The standard InChI is InChI=1S/C15H15F3N4O/c1-9(2)21-14(23)12-7-13(20-8-19-12)22-11-6-4-3-5-10(11)15(16,17)18/h3-9H,1-2H3,(H,21,23)(H,19,20,22). The third-order valence-corrected chi connectivity index (χ3v) is 2.81. The van der Waals surface area contributed by atoms with Gasteiger partial charge in [-0.2, -0.15) is 13.2 Å². The molecule has 2 aromatic rings. The number of hydrogen-bond donors (Lipinski definition) is 2. The van der Waals surface area contributed by atoms with Crippen LogP contribution in [0.25, 0.3) is 0 Å². The van der Waals surface area contributed by atoms with E-state index in [2.05, 4.69) is 20.6 Å². The zero-order chi connectivity index (χ0) is 17.0. The van der Waals surface area contributed by atoms with Crippen molar-refractivity contribution in [2.24, 2.45) is 0 Å². The lowest BCUT2D eigenvalue weighted by Gasteiger charge is -2.14. The van der Waals surface area contributed by atoms with Crippen molar-refractivity contribution in [1.29, 1.82) is 0 Å². The van der Waals surface area contributed by atoms with Gasteiger partial charge in [0.15, 0.2) is 0 Å². The molecular weight excluding hydrogens is 309 g/mol. The molecule has 1 aromatic carbocycles. The number of aromatic nitrogens is 2. The Bertz CT molecular complexity index is 701. The molecule has 0 saturated heterocycles. The lowest BCUT2D eigenvalue weighted by Crippen LogP contribution is -2.30. The summed E-state index contributed by atoms with van der Waals surface area (Å²) in [5.41, 5.74) is -0.888. The highest BCUT2D eigenvalue weighted by Gasteiger charge is 2.33. The molecule has 5 nitrogen and oxygen atoms in total. The minimum absolute atomic E-state index is 0.0701. The molecule has 8 heteroatoms. The number of amides is 1. The first-order valence-electron chi connectivity index (χ1n) is 6.83. The van der Waals surface area contributed by atoms with E-state index in [0.29, 0.717) is 0 Å². The van der Waals surface area contributed by atoms with Gasteiger partial charge in [0.2, 0.25) is 0 Å². The van der Waals surface area contributed by atoms with Crippen LogP contribution in [0.1, 0.15) is 29.9 Å². The average Bonchev–Trinajstić information content (AvgIpc) is 2.46. The Morgan fingerprint density at radius 1 is 1.17 bits per heavy atom. The van der Waals surface area contributed by atoms with Crippen LogP contribution in [0.4, 0.5) is 24.7 Å². The number of para-hydroxylation sites is 1. The number of rotatable bonds is 4. The van der Waals surface area contributed by atoms with Crippen molar-refractivity contribution in [2.75, 3.05) is 5.32 Å². The number of anilines is 2. The van der Waals surface area contributed by atoms with Crippen LogP contribution in [0.2, 0.25) is 0 Å². The van der Waals surface area contributed by atoms with Crippen LogP contribution < -0.4 is 10.6 Å². The van der Waals surface area contributed by atoms with Gasteiger partial charge in [0.25, 0.3) is 5.91 Å². The molecule has 2 N–H and O–H groups in total. The number of carbonyl (C=O) groups excluding carboxylic acids is 1. The van der Waals surface area contributed by atoms with E-state index in [9.17, 15) is 18.0 Å². The van der Waals surface area contributed by atoms with E-state index in [-0.39, 0.29) is 23.2 Å². The highest BCUT2D eigenvalue weighted by Crippen LogP contribution is 2.35. The number of nitrogens with zero attached hydrogens (tertiary/aromatic N) is 2. The fourth-order valence-corrected chi connectivity index (χ4v) is 1.86. The Hall–Kier alpha value is -2.64. The second kappa shape index (κ2) is 6.64. The topological polar surface area (TPSA) is 66.9 Å². The number of alkyl halides is 3. The predicted molar refractivity (Wildman–Crippen MR) is 79.4 cm³/mol. The molecule has 0 aliphatic rings. The second-order valence-electron chi connectivity index (χ2n) is 5.08. The van der Waals surface area contributed by atoms with Gasteiger partial charge in [-0.05, 0) is 26.0 Å². The van der Waals surface area contributed by atoms with E-state index >= 15 is 0 Å². The minimum Gasteiger partial charge on any atom is -0.349 e. The van der Waals surface area contributed by atoms with E-state index in [4.69, 9.17) is 0 Å². The lowest BCUT2D eigenvalue weighted by atomic mass is 10.1. The number of hydrogen-bond acceptors (Lipinski definition) is 4. The van der Waals surface area contributed by atoms with E-state index in [1.54, 1.807) is 13.8 Å². The molecule has 0 saturated carbocycles. The molecule has 1 amide bonds. The summed E-state index contributed by atoms with van der Waals surface area (Å²) in [7, 11) is 0. The Balaban J connectivity index is 2.27. The molecule has 0 aliphatic heterocycles. The Morgan fingerprint density at radius 3 is 2.52 bits per heavy atom. The van der Waals surface area contributed by atoms with Crippen molar-refractivity contribution in [3.63, 3.8) is 0 Å². The number of nitrogens with one attached hydrogen (secondary N) is 2. The van der Waals surface area contributed by atoms with E-state index < -0.39 is 17.6 Å². The lowest BCUT2D eigenvalue weighted by molar-refractivity contribution is -0.136. The summed E-state index contributed by atoms with van der Waals surface area (Å²) >= 11 is 0. The summed E-state index contributed by atoms with van der Waals surface area (Å²) in [5.74, 6) is -0.319. The molecule has 0 spiro atoms. The van der Waals surface area contributed by atoms with Gasteiger partial charge in [0.05, 0.1) is 11.3 Å². The van der Waals surface area contributed by atoms with Crippen molar-refractivity contribution >= 4 is 17.4 Å². The van der Waals surface area contributed by atoms with Crippen molar-refractivity contribution in [2.45, 2.75) is 26.1 Å². The highest BCUT2D eigenvalue weighted by molar-refractivity contribution is 5.93. The van der Waals surface area contributed by atoms with Gasteiger partial charge in [-0.3, -0.25) is 4.79 Å². The normalized spacial score (nSPS) is 11.4. The van der Waals surface area contributed by atoms with Crippen LogP contribution in [0.15, 0.2) is 36.7 Å². The van der Waals surface area contributed by atoms with Crippen LogP contribution in [-0.2, 0) is 6.18 Å². The summed E-state index contributed by atoms with van der Waals surface area (Å²) < 4.78 is 38.9. The molecule has 1 heterocycles. The molecular formula is C15H15F3N4O. The van der Waals surface area contributed by atoms with Gasteiger partial charge >= 0.3 is 6.18 Å². The maximum Gasteiger partial charge on any atom is 0.418 e. The van der Waals surface area contributed by atoms with Gasteiger partial charge in [-0.1, -0.05) is 12.1 Å². The van der Waals surface area contributed by atoms with Crippen LogP contribution in [-0.4, -0.2) is 21.9 Å². The molecule has 0 aliphatic carbocycles. The van der Waals surface area contributed by atoms with E-state index in [1.165, 1.54) is 24.3 Å². The van der Waals surface area contributed by atoms with E-state index in [0.717, 1.165) is 12.4 Å². The fraction of sp³-hybridized carbons (Fsp3) is 0.267. The molecule has 1 aromatic heterocycles. The first kappa shape index (κ1) is 16.7. The summed E-state index contributed by atoms with van der Waals surface area (Å²) in [5, 5.41) is 5.23. The molecule has 2 rings (SSSR count). The van der Waals surface area contributed by atoms with Gasteiger partial charge in [-0.15, -0.1) is 0 Å². The maximum absolute atomic E-state index is 13.0. The first-order valence-corrected chi connectivity index (χ1v) is 6.83. The van der Waals surface area contributed by atoms with Crippen molar-refractivity contribution in [3.8, 4) is 0 Å². The van der Waals surface area contributed by atoms with Crippen molar-refractivity contribution < 1.29 is 18.0 Å². The third kappa shape index (κ3) is 4.41. The predicted octanol–water partition coefficient (Wildman–Crippen LogP) is 3.38. The highest BCUT2D eigenvalue weighted by atomic mass is 19.4. The third-order valence-electron chi connectivity index (χ3n) is 2.81. The molecule has 0 radical (unpaired) electrons. The number of halogens is 3. The number of carbonyl (C=O) groups is 1. The molecule has 122 valence electrons. The summed E-state index contributed by atoms with van der Waals surface area (Å²) in [6.45, 7) is 3.58. The monoisotopic (exact) mass is 324 g/mol. The van der Waals surface area contributed by atoms with Gasteiger partial charge in [0.1, 0.15) is 17.8 Å².